The first kappa shape index (κ1) is 14.7. The zero-order valence-corrected chi connectivity index (χ0v) is 11.6. The molecule has 0 aliphatic carbocycles. The number of likely N-dealkylation sites (N-methyl/N-ethyl adjacent to an activating group) is 1. The highest BCUT2D eigenvalue weighted by molar-refractivity contribution is 5.76. The van der Waals surface area contributed by atoms with Gasteiger partial charge >= 0.3 is 0 Å². The second kappa shape index (κ2) is 7.17. The van der Waals surface area contributed by atoms with Crippen LogP contribution in [0.5, 0.6) is 0 Å². The van der Waals surface area contributed by atoms with Gasteiger partial charge in [-0.2, -0.15) is 0 Å². The van der Waals surface area contributed by atoms with E-state index in [1.54, 1.807) is 0 Å². The van der Waals surface area contributed by atoms with Crippen LogP contribution in [-0.2, 0) is 11.2 Å². The lowest BCUT2D eigenvalue weighted by Gasteiger charge is -2.25. The third-order valence-corrected chi connectivity index (χ3v) is 3.30. The summed E-state index contributed by atoms with van der Waals surface area (Å²) < 4.78 is 0. The van der Waals surface area contributed by atoms with Crippen LogP contribution >= 0.6 is 0 Å². The third-order valence-electron chi connectivity index (χ3n) is 3.30. The molecule has 18 heavy (non-hydrogen) atoms. The van der Waals surface area contributed by atoms with E-state index in [1.807, 2.05) is 11.9 Å². The maximum atomic E-state index is 11.9. The molecule has 0 spiro atoms. The predicted octanol–water partition coefficient (Wildman–Crippen LogP) is 2.12. The summed E-state index contributed by atoms with van der Waals surface area (Å²) in [5.74, 6) is 0.181. The van der Waals surface area contributed by atoms with E-state index in [9.17, 15) is 4.79 Å². The Bertz CT molecular complexity index is 373. The molecule has 1 aromatic carbocycles. The highest BCUT2D eigenvalue weighted by Gasteiger charge is 2.15. The summed E-state index contributed by atoms with van der Waals surface area (Å²) in [5.41, 5.74) is 7.95. The Kier molecular flexibility index (Phi) is 5.86. The number of aryl methyl sites for hydroxylation is 1. The maximum absolute atomic E-state index is 11.9. The Labute approximate surface area is 110 Å². The first-order chi connectivity index (χ1) is 8.54. The quantitative estimate of drug-likeness (QED) is 0.838. The molecule has 3 nitrogen and oxygen atoms in total. The summed E-state index contributed by atoms with van der Waals surface area (Å²) in [4.78, 5) is 13.7. The average Bonchev–Trinajstić information content (AvgIpc) is 2.37. The number of benzene rings is 1. The Morgan fingerprint density at radius 1 is 1.33 bits per heavy atom. The lowest BCUT2D eigenvalue weighted by Crippen LogP contribution is -2.36. The fraction of sp³-hybridized carbons (Fsp3) is 0.533. The molecule has 0 aliphatic heterocycles. The van der Waals surface area contributed by atoms with Gasteiger partial charge in [-0.1, -0.05) is 29.8 Å². The van der Waals surface area contributed by atoms with E-state index in [1.165, 1.54) is 11.1 Å². The molecule has 1 amide bonds. The van der Waals surface area contributed by atoms with Crippen LogP contribution in [-0.4, -0.2) is 30.4 Å². The van der Waals surface area contributed by atoms with Crippen molar-refractivity contribution in [3.8, 4) is 0 Å². The van der Waals surface area contributed by atoms with E-state index >= 15 is 0 Å². The minimum absolute atomic E-state index is 0.181. The molecule has 2 N–H and O–H groups in total. The van der Waals surface area contributed by atoms with Crippen molar-refractivity contribution < 1.29 is 4.79 Å². The Hall–Kier alpha value is -1.35. The van der Waals surface area contributed by atoms with Gasteiger partial charge in [-0.15, -0.1) is 0 Å². The second-order valence-corrected chi connectivity index (χ2v) is 4.94. The van der Waals surface area contributed by atoms with Crippen LogP contribution in [0.25, 0.3) is 0 Å². The third kappa shape index (κ3) is 4.49. The molecule has 0 aromatic heterocycles. The molecule has 1 aromatic rings. The molecular formula is C15H24N2O. The molecule has 0 fully saturated rings. The van der Waals surface area contributed by atoms with Gasteiger partial charge < -0.3 is 10.6 Å². The minimum Gasteiger partial charge on any atom is -0.343 e. The Morgan fingerprint density at radius 2 is 1.94 bits per heavy atom. The number of carbonyl (C=O) groups is 1. The van der Waals surface area contributed by atoms with Crippen LogP contribution < -0.4 is 5.73 Å². The van der Waals surface area contributed by atoms with Gasteiger partial charge in [0.25, 0.3) is 0 Å². The maximum Gasteiger partial charge on any atom is 0.222 e. The molecule has 0 heterocycles. The van der Waals surface area contributed by atoms with Crippen molar-refractivity contribution in [3.05, 3.63) is 35.4 Å². The van der Waals surface area contributed by atoms with Crippen molar-refractivity contribution in [2.24, 2.45) is 5.73 Å². The van der Waals surface area contributed by atoms with Gasteiger partial charge in [-0.25, -0.2) is 0 Å². The fourth-order valence-electron chi connectivity index (χ4n) is 1.88. The van der Waals surface area contributed by atoms with E-state index < -0.39 is 0 Å². The Balaban J connectivity index is 2.51. The second-order valence-electron chi connectivity index (χ2n) is 4.94. The van der Waals surface area contributed by atoms with Crippen LogP contribution in [0.4, 0.5) is 0 Å². The number of hydrogen-bond acceptors (Lipinski definition) is 2. The smallest absolute Gasteiger partial charge is 0.222 e. The summed E-state index contributed by atoms with van der Waals surface area (Å²) in [6, 6.07) is 8.70. The van der Waals surface area contributed by atoms with Crippen LogP contribution in [0.15, 0.2) is 24.3 Å². The van der Waals surface area contributed by atoms with E-state index in [4.69, 9.17) is 5.73 Å². The molecule has 1 atom stereocenters. The molecule has 1 rings (SSSR count). The average molecular weight is 248 g/mol. The van der Waals surface area contributed by atoms with Crippen molar-refractivity contribution in [2.75, 3.05) is 13.6 Å². The highest BCUT2D eigenvalue weighted by atomic mass is 16.2. The number of nitrogens with zero attached hydrogens (tertiary/aromatic N) is 1. The van der Waals surface area contributed by atoms with Crippen LogP contribution in [0.2, 0.25) is 0 Å². The zero-order chi connectivity index (χ0) is 13.5. The predicted molar refractivity (Wildman–Crippen MR) is 75.4 cm³/mol. The first-order valence-corrected chi connectivity index (χ1v) is 6.56. The molecule has 0 radical (unpaired) electrons. The van der Waals surface area contributed by atoms with Gasteiger partial charge in [0, 0.05) is 19.5 Å². The summed E-state index contributed by atoms with van der Waals surface area (Å²) in [6.07, 6.45) is 2.21. The fourth-order valence-corrected chi connectivity index (χ4v) is 1.88. The van der Waals surface area contributed by atoms with Crippen molar-refractivity contribution >= 4 is 5.91 Å². The highest BCUT2D eigenvalue weighted by Crippen LogP contribution is 2.10. The zero-order valence-electron chi connectivity index (χ0n) is 11.6. The Morgan fingerprint density at radius 3 is 2.50 bits per heavy atom. The normalized spacial score (nSPS) is 12.2. The van der Waals surface area contributed by atoms with Gasteiger partial charge in [-0.05, 0) is 38.8 Å². The van der Waals surface area contributed by atoms with Crippen molar-refractivity contribution in [1.29, 1.82) is 0 Å². The first-order valence-electron chi connectivity index (χ1n) is 6.56. The van der Waals surface area contributed by atoms with E-state index in [0.29, 0.717) is 13.0 Å². The van der Waals surface area contributed by atoms with E-state index in [0.717, 1.165) is 12.8 Å². The van der Waals surface area contributed by atoms with Gasteiger partial charge in [0.1, 0.15) is 0 Å². The summed E-state index contributed by atoms with van der Waals surface area (Å²) in [6.45, 7) is 4.74. The number of hydrogen-bond donors (Lipinski definition) is 1. The SMILES string of the molecule is Cc1ccc(CC(C)N(C)C(=O)CCCN)cc1. The van der Waals surface area contributed by atoms with Crippen molar-refractivity contribution in [3.63, 3.8) is 0 Å². The topological polar surface area (TPSA) is 46.3 Å². The van der Waals surface area contributed by atoms with Gasteiger partial charge in [0.2, 0.25) is 5.91 Å². The largest absolute Gasteiger partial charge is 0.343 e. The number of nitrogens with two attached hydrogens (primary N) is 1. The molecule has 0 saturated heterocycles. The van der Waals surface area contributed by atoms with E-state index in [-0.39, 0.29) is 11.9 Å². The molecule has 0 aliphatic rings. The summed E-state index contributed by atoms with van der Waals surface area (Å²) in [7, 11) is 1.87. The lowest BCUT2D eigenvalue weighted by molar-refractivity contribution is -0.131. The number of carbonyl (C=O) groups excluding carboxylic acids is 1. The molecule has 0 bridgehead atoms. The molecule has 3 heteroatoms. The number of rotatable bonds is 6. The van der Waals surface area contributed by atoms with E-state index in [2.05, 4.69) is 38.1 Å². The van der Waals surface area contributed by atoms with Crippen LogP contribution in [0.3, 0.4) is 0 Å². The lowest BCUT2D eigenvalue weighted by atomic mass is 10.0. The molecule has 1 unspecified atom stereocenters. The van der Waals surface area contributed by atoms with Crippen molar-refractivity contribution in [2.45, 2.75) is 39.2 Å². The monoisotopic (exact) mass is 248 g/mol. The standard InChI is InChI=1S/C15H24N2O/c1-12-6-8-14(9-7-12)11-13(2)17(3)15(18)5-4-10-16/h6-9,13H,4-5,10-11,16H2,1-3H3. The summed E-state index contributed by atoms with van der Waals surface area (Å²) >= 11 is 0. The van der Waals surface area contributed by atoms with Gasteiger partial charge in [0.05, 0.1) is 0 Å². The molecule has 100 valence electrons. The molecule has 0 saturated carbocycles. The van der Waals surface area contributed by atoms with Crippen LogP contribution in [0, 0.1) is 6.92 Å². The van der Waals surface area contributed by atoms with Gasteiger partial charge in [-0.3, -0.25) is 4.79 Å². The summed E-state index contributed by atoms with van der Waals surface area (Å²) in [5, 5.41) is 0. The molecular weight excluding hydrogens is 224 g/mol. The van der Waals surface area contributed by atoms with Crippen molar-refractivity contribution in [1.82, 2.24) is 4.90 Å². The van der Waals surface area contributed by atoms with Crippen LogP contribution in [0.1, 0.15) is 30.9 Å². The van der Waals surface area contributed by atoms with Gasteiger partial charge in [0.15, 0.2) is 0 Å². The minimum atomic E-state index is 0.181. The number of amides is 1.